The first-order valence-corrected chi connectivity index (χ1v) is 7.53. The zero-order valence-electron chi connectivity index (χ0n) is 12.6. The lowest BCUT2D eigenvalue weighted by Crippen LogP contribution is -2.37. The Bertz CT molecular complexity index is 681. The predicted molar refractivity (Wildman–Crippen MR) is 84.1 cm³/mol. The van der Waals surface area contributed by atoms with Crippen molar-refractivity contribution in [2.24, 2.45) is 0 Å². The smallest absolute Gasteiger partial charge is 0.227 e. The van der Waals surface area contributed by atoms with Crippen LogP contribution >= 0.6 is 0 Å². The number of dihydropyridines is 1. The number of rotatable bonds is 5. The molecule has 6 nitrogen and oxygen atoms in total. The molecule has 0 saturated carbocycles. The highest BCUT2D eigenvalue weighted by Gasteiger charge is 2.33. The molecule has 1 amide bonds. The van der Waals surface area contributed by atoms with Crippen LogP contribution in [0.4, 0.5) is 0 Å². The minimum Gasteiger partial charge on any atom is -0.507 e. The quantitative estimate of drug-likeness (QED) is 0.807. The number of phenols is 1. The summed E-state index contributed by atoms with van der Waals surface area (Å²) >= 11 is 0. The van der Waals surface area contributed by atoms with E-state index in [4.69, 9.17) is 4.74 Å². The van der Waals surface area contributed by atoms with E-state index in [1.54, 1.807) is 17.0 Å². The molecule has 3 rings (SSSR count). The lowest BCUT2D eigenvalue weighted by Gasteiger charge is -2.27. The van der Waals surface area contributed by atoms with Gasteiger partial charge in [0.2, 0.25) is 5.91 Å². The molecule has 1 aromatic carbocycles. The Morgan fingerprint density at radius 2 is 2.30 bits per heavy atom. The van der Waals surface area contributed by atoms with Gasteiger partial charge in [0.25, 0.3) is 0 Å². The van der Waals surface area contributed by atoms with Crippen molar-refractivity contribution in [3.05, 3.63) is 47.8 Å². The van der Waals surface area contributed by atoms with Crippen molar-refractivity contribution in [2.75, 3.05) is 13.2 Å². The molecular formula is C17H18N2O4. The number of nitrogens with one attached hydrogen (secondary N) is 1. The first kappa shape index (κ1) is 15.1. The number of hydrogen-bond acceptors (Lipinski definition) is 5. The highest BCUT2D eigenvalue weighted by atomic mass is 16.5. The van der Waals surface area contributed by atoms with Gasteiger partial charge in [-0.1, -0.05) is 12.1 Å². The van der Waals surface area contributed by atoms with Crippen LogP contribution in [-0.4, -0.2) is 41.4 Å². The topological polar surface area (TPSA) is 78.9 Å². The van der Waals surface area contributed by atoms with Gasteiger partial charge in [0.1, 0.15) is 18.1 Å². The lowest BCUT2D eigenvalue weighted by atomic mass is 10.2. The number of benzene rings is 1. The molecule has 0 bridgehead atoms. The van der Waals surface area contributed by atoms with Gasteiger partial charge in [-0.25, -0.2) is 0 Å². The number of aldehydes is 1. The van der Waals surface area contributed by atoms with Crippen molar-refractivity contribution in [1.29, 1.82) is 0 Å². The molecular weight excluding hydrogens is 296 g/mol. The van der Waals surface area contributed by atoms with Crippen LogP contribution < -0.4 is 10.1 Å². The molecule has 120 valence electrons. The van der Waals surface area contributed by atoms with Gasteiger partial charge in [-0.05, 0) is 24.6 Å². The van der Waals surface area contributed by atoms with Crippen LogP contribution in [0.25, 0.3) is 0 Å². The maximum atomic E-state index is 12.1. The number of ether oxygens (including phenoxy) is 1. The van der Waals surface area contributed by atoms with Crippen molar-refractivity contribution >= 4 is 12.2 Å². The summed E-state index contributed by atoms with van der Waals surface area (Å²) in [4.78, 5) is 24.9. The number of hydrogen-bond donors (Lipinski definition) is 2. The second-order valence-corrected chi connectivity index (χ2v) is 5.45. The molecule has 23 heavy (non-hydrogen) atoms. The third-order valence-electron chi connectivity index (χ3n) is 3.97. The second kappa shape index (κ2) is 6.56. The van der Waals surface area contributed by atoms with Gasteiger partial charge in [-0.3, -0.25) is 9.59 Å². The van der Waals surface area contributed by atoms with Crippen molar-refractivity contribution < 1.29 is 19.4 Å². The van der Waals surface area contributed by atoms with E-state index in [-0.39, 0.29) is 29.9 Å². The molecule has 0 spiro atoms. The maximum Gasteiger partial charge on any atom is 0.227 e. The van der Waals surface area contributed by atoms with Crippen molar-refractivity contribution in [2.45, 2.75) is 18.9 Å². The molecule has 0 aliphatic carbocycles. The number of nitrogens with zero attached hydrogens (tertiary/aromatic N) is 1. The fourth-order valence-corrected chi connectivity index (χ4v) is 2.83. The van der Waals surface area contributed by atoms with Crippen molar-refractivity contribution in [3.63, 3.8) is 0 Å². The minimum absolute atomic E-state index is 0.0599. The molecule has 6 heteroatoms. The number of carbonyl (C=O) groups is 2. The van der Waals surface area contributed by atoms with Crippen LogP contribution in [0.2, 0.25) is 0 Å². The van der Waals surface area contributed by atoms with E-state index in [2.05, 4.69) is 5.32 Å². The molecule has 1 atom stereocenters. The first-order chi connectivity index (χ1) is 11.2. The average molecular weight is 314 g/mol. The maximum absolute atomic E-state index is 12.1. The Balaban J connectivity index is 1.73. The van der Waals surface area contributed by atoms with Gasteiger partial charge < -0.3 is 20.1 Å². The number of allylic oxidation sites excluding steroid dienone is 1. The molecule has 2 N–H and O–H groups in total. The number of amides is 1. The summed E-state index contributed by atoms with van der Waals surface area (Å²) in [7, 11) is 0. The largest absolute Gasteiger partial charge is 0.507 e. The van der Waals surface area contributed by atoms with Crippen molar-refractivity contribution in [3.8, 4) is 11.5 Å². The Labute approximate surface area is 134 Å². The third-order valence-corrected chi connectivity index (χ3v) is 3.97. The minimum atomic E-state index is -0.112. The summed E-state index contributed by atoms with van der Waals surface area (Å²) < 4.78 is 5.71. The van der Waals surface area contributed by atoms with E-state index >= 15 is 0 Å². The molecule has 2 aliphatic rings. The average Bonchev–Trinajstić information content (AvgIpc) is 2.94. The van der Waals surface area contributed by atoms with Crippen LogP contribution in [0.5, 0.6) is 11.5 Å². The highest BCUT2D eigenvalue weighted by Crippen LogP contribution is 2.28. The molecule has 2 aliphatic heterocycles. The van der Waals surface area contributed by atoms with E-state index in [0.717, 1.165) is 12.2 Å². The summed E-state index contributed by atoms with van der Waals surface area (Å²) in [5.41, 5.74) is 0.945. The van der Waals surface area contributed by atoms with Gasteiger partial charge in [0, 0.05) is 19.2 Å². The molecule has 0 aromatic heterocycles. The normalized spacial score (nSPS) is 20.2. The zero-order chi connectivity index (χ0) is 16.2. The molecule has 0 unspecified atom stereocenters. The van der Waals surface area contributed by atoms with Crippen LogP contribution in [0, 0.1) is 0 Å². The fraction of sp³-hybridized carbons (Fsp3) is 0.294. The fourth-order valence-electron chi connectivity index (χ4n) is 2.83. The number of carbonyl (C=O) groups excluding carboxylic acids is 2. The summed E-state index contributed by atoms with van der Waals surface area (Å²) in [5, 5.41) is 12.8. The Morgan fingerprint density at radius 1 is 1.43 bits per heavy atom. The van der Waals surface area contributed by atoms with Crippen LogP contribution in [0.1, 0.15) is 23.2 Å². The number of likely N-dealkylation sites (tertiary alicyclic amines) is 1. The predicted octanol–water partition coefficient (Wildman–Crippen LogP) is 1.58. The van der Waals surface area contributed by atoms with E-state index in [1.807, 2.05) is 18.4 Å². The summed E-state index contributed by atoms with van der Waals surface area (Å²) in [6.45, 7) is 1.01. The second-order valence-electron chi connectivity index (χ2n) is 5.45. The van der Waals surface area contributed by atoms with E-state index in [1.165, 1.54) is 6.07 Å². The zero-order valence-corrected chi connectivity index (χ0v) is 12.6. The Morgan fingerprint density at radius 3 is 3.04 bits per heavy atom. The molecule has 1 aromatic rings. The van der Waals surface area contributed by atoms with Gasteiger partial charge >= 0.3 is 0 Å². The van der Waals surface area contributed by atoms with Gasteiger partial charge in [-0.15, -0.1) is 0 Å². The monoisotopic (exact) mass is 314 g/mol. The number of aromatic hydroxyl groups is 1. The standard InChI is InChI=1S/C17H18N2O4/c20-10-14-15(21)4-1-5-16(14)23-11-13-6-7-17(22)19(13)12-3-2-8-18-9-12/h1-5,9-10,13,18,21H,6-8,11H2/t13-/m0/s1. The van der Waals surface area contributed by atoms with Gasteiger partial charge in [0.15, 0.2) is 6.29 Å². The van der Waals surface area contributed by atoms with E-state index < -0.39 is 0 Å². The molecule has 2 heterocycles. The summed E-state index contributed by atoms with van der Waals surface area (Å²) in [6.07, 6.45) is 7.43. The Kier molecular flexibility index (Phi) is 4.32. The molecule has 1 saturated heterocycles. The highest BCUT2D eigenvalue weighted by molar-refractivity contribution is 5.83. The van der Waals surface area contributed by atoms with Crippen LogP contribution in [0.3, 0.4) is 0 Å². The Hall–Kier alpha value is -2.76. The number of phenolic OH excluding ortho intramolecular Hbond substituents is 1. The van der Waals surface area contributed by atoms with Crippen molar-refractivity contribution in [1.82, 2.24) is 10.2 Å². The SMILES string of the molecule is O=Cc1c(O)cccc1OC[C@@H]1CCC(=O)N1C1=CNCC=C1. The first-order valence-electron chi connectivity index (χ1n) is 7.53. The van der Waals surface area contributed by atoms with E-state index in [9.17, 15) is 14.7 Å². The third kappa shape index (κ3) is 3.06. The van der Waals surface area contributed by atoms with Gasteiger partial charge in [0.05, 0.1) is 17.3 Å². The van der Waals surface area contributed by atoms with Gasteiger partial charge in [-0.2, -0.15) is 0 Å². The lowest BCUT2D eigenvalue weighted by molar-refractivity contribution is -0.127. The molecule has 0 radical (unpaired) electrons. The molecule has 1 fully saturated rings. The van der Waals surface area contributed by atoms with Crippen LogP contribution in [-0.2, 0) is 4.79 Å². The summed E-state index contributed by atoms with van der Waals surface area (Å²) in [6, 6.07) is 4.59. The van der Waals surface area contributed by atoms with E-state index in [0.29, 0.717) is 24.9 Å². The summed E-state index contributed by atoms with van der Waals surface area (Å²) in [5.74, 6) is 0.272. The van der Waals surface area contributed by atoms with Crippen LogP contribution in [0.15, 0.2) is 42.2 Å².